The van der Waals surface area contributed by atoms with Gasteiger partial charge in [0.05, 0.1) is 25.2 Å². The molecule has 2 aliphatic heterocycles. The topological polar surface area (TPSA) is 226 Å². The molecule has 18 heteroatoms. The van der Waals surface area contributed by atoms with Gasteiger partial charge < -0.3 is 41.3 Å². The minimum absolute atomic E-state index is 0.0533. The Balaban J connectivity index is 1.84. The predicted octanol–water partition coefficient (Wildman–Crippen LogP) is 0.372. The first-order chi connectivity index (χ1) is 20.2. The van der Waals surface area contributed by atoms with E-state index in [9.17, 15) is 28.9 Å². The van der Waals surface area contributed by atoms with Crippen LogP contribution in [0.25, 0.3) is 0 Å². The van der Waals surface area contributed by atoms with Crippen molar-refractivity contribution >= 4 is 49.1 Å². The molecule has 0 aromatic carbocycles. The maximum absolute atomic E-state index is 12.7. The molecular weight excluding hydrogens is 605 g/mol. The molecule has 244 valence electrons. The molecule has 16 nitrogen and oxygen atoms in total. The van der Waals surface area contributed by atoms with Crippen molar-refractivity contribution in [3.63, 3.8) is 0 Å². The summed E-state index contributed by atoms with van der Waals surface area (Å²) in [7, 11) is -2.76. The lowest BCUT2D eigenvalue weighted by Crippen LogP contribution is -2.46. The third-order valence-electron chi connectivity index (χ3n) is 6.69. The molecule has 2 aliphatic rings. The van der Waals surface area contributed by atoms with E-state index in [2.05, 4.69) is 32.7 Å². The van der Waals surface area contributed by atoms with Crippen molar-refractivity contribution in [2.75, 3.05) is 39.4 Å². The van der Waals surface area contributed by atoms with Crippen molar-refractivity contribution < 1.29 is 42.7 Å². The number of aliphatic hydroxyl groups is 1. The molecule has 0 aliphatic carbocycles. The van der Waals surface area contributed by atoms with E-state index in [-0.39, 0.29) is 49.0 Å². The highest BCUT2D eigenvalue weighted by Crippen LogP contribution is 2.45. The highest BCUT2D eigenvalue weighted by atomic mass is 32.2. The lowest BCUT2D eigenvalue weighted by molar-refractivity contribution is -0.137. The van der Waals surface area contributed by atoms with Crippen molar-refractivity contribution in [2.24, 2.45) is 21.1 Å². The molecule has 2 amide bonds. The van der Waals surface area contributed by atoms with Crippen molar-refractivity contribution in [2.45, 2.75) is 71.3 Å². The molecular formula is C25H44N7O9PS. The second kappa shape index (κ2) is 17.1. The number of carbonyl (C=O) groups excluding carboxylic acids is 3. The molecule has 7 N–H and O–H groups in total. The monoisotopic (exact) mass is 649 g/mol. The number of carbonyl (C=O) groups is 3. The number of aliphatic hydroxyl groups excluding tert-OH is 1. The number of amides is 2. The first-order valence-electron chi connectivity index (χ1n) is 13.8. The quantitative estimate of drug-likeness (QED) is 0.0756. The van der Waals surface area contributed by atoms with Gasteiger partial charge in [0.25, 0.3) is 0 Å². The fourth-order valence-corrected chi connectivity index (χ4v) is 5.49. The van der Waals surface area contributed by atoms with Gasteiger partial charge in [-0.15, -0.1) is 0 Å². The summed E-state index contributed by atoms with van der Waals surface area (Å²) >= 11 is 0.944. The van der Waals surface area contributed by atoms with Gasteiger partial charge in [-0.05, 0) is 26.0 Å². The highest BCUT2D eigenvalue weighted by molar-refractivity contribution is 8.13. The molecule has 4 atom stereocenters. The second-order valence-corrected chi connectivity index (χ2v) is 13.3. The fraction of sp³-hybridized carbons (Fsp3) is 0.720. The van der Waals surface area contributed by atoms with E-state index in [1.165, 1.54) is 20.8 Å². The molecule has 4 unspecified atom stereocenters. The Morgan fingerprint density at radius 2 is 2.02 bits per heavy atom. The van der Waals surface area contributed by atoms with Crippen molar-refractivity contribution in [3.05, 3.63) is 11.5 Å². The summed E-state index contributed by atoms with van der Waals surface area (Å²) in [6, 6.07) is 0. The summed E-state index contributed by atoms with van der Waals surface area (Å²) in [6.07, 6.45) is 0.346. The zero-order valence-electron chi connectivity index (χ0n) is 25.0. The number of thioether (sulfide) groups is 1. The molecule has 43 heavy (non-hydrogen) atoms. The van der Waals surface area contributed by atoms with Crippen LogP contribution in [-0.2, 0) is 32.7 Å². The number of hydrogen-bond donors (Lipinski definition) is 6. The summed E-state index contributed by atoms with van der Waals surface area (Å²) in [6.45, 7) is 7.43. The number of nitrogens with two attached hydrogens (primary N) is 1. The lowest BCUT2D eigenvalue weighted by atomic mass is 9.87. The van der Waals surface area contributed by atoms with Gasteiger partial charge in [-0.25, -0.2) is 9.56 Å². The Kier molecular flexibility index (Phi) is 14.6. The molecule has 1 fully saturated rings. The van der Waals surface area contributed by atoms with Crippen LogP contribution < -0.4 is 21.7 Å². The summed E-state index contributed by atoms with van der Waals surface area (Å²) in [4.78, 5) is 55.3. The smallest absolute Gasteiger partial charge is 0.383 e. The number of amidine groups is 1. The van der Waals surface area contributed by atoms with Crippen LogP contribution in [0.5, 0.6) is 0 Å². The summed E-state index contributed by atoms with van der Waals surface area (Å²) in [5, 5.41) is 18.5. The van der Waals surface area contributed by atoms with Crippen LogP contribution in [0.15, 0.2) is 21.5 Å². The Hall–Kier alpha value is -2.53. The molecule has 2 rings (SSSR count). The average Bonchev–Trinajstić information content (AvgIpc) is 3.20. The fourth-order valence-electron chi connectivity index (χ4n) is 4.13. The van der Waals surface area contributed by atoms with E-state index in [0.717, 1.165) is 24.6 Å². The molecule has 0 aromatic rings. The minimum atomic E-state index is -4.58. The van der Waals surface area contributed by atoms with Crippen LogP contribution in [0.1, 0.15) is 52.9 Å². The van der Waals surface area contributed by atoms with Crippen LogP contribution in [0.2, 0.25) is 0 Å². The van der Waals surface area contributed by atoms with Crippen LogP contribution in [-0.4, -0.2) is 102 Å². The van der Waals surface area contributed by atoms with E-state index < -0.39 is 44.2 Å². The van der Waals surface area contributed by atoms with Gasteiger partial charge in [0.1, 0.15) is 36.4 Å². The molecule has 0 spiro atoms. The number of nitrogens with zero attached hydrogens (tertiary/aromatic N) is 3. The summed E-state index contributed by atoms with van der Waals surface area (Å²) in [5.41, 5.74) is 5.08. The maximum atomic E-state index is 12.7. The summed E-state index contributed by atoms with van der Waals surface area (Å²) < 4.78 is 29.2. The molecule has 0 saturated carbocycles. The zero-order valence-corrected chi connectivity index (χ0v) is 26.7. The molecule has 0 radical (unpaired) electrons. The van der Waals surface area contributed by atoms with Crippen molar-refractivity contribution in [3.8, 4) is 0 Å². The number of rotatable bonds is 16. The van der Waals surface area contributed by atoms with Gasteiger partial charge in [-0.2, -0.15) is 0 Å². The van der Waals surface area contributed by atoms with Crippen LogP contribution in [0.3, 0.4) is 0 Å². The van der Waals surface area contributed by atoms with Gasteiger partial charge >= 0.3 is 7.82 Å². The number of ether oxygens (including phenoxy) is 1. The third kappa shape index (κ3) is 12.2. The summed E-state index contributed by atoms with van der Waals surface area (Å²) in [5.74, 6) is -0.154. The average molecular weight is 650 g/mol. The first-order valence-corrected chi connectivity index (χ1v) is 16.3. The molecule has 0 bridgehead atoms. The molecule has 0 aromatic heterocycles. The lowest BCUT2D eigenvalue weighted by Gasteiger charge is -2.35. The Morgan fingerprint density at radius 3 is 2.70 bits per heavy atom. The van der Waals surface area contributed by atoms with E-state index in [1.807, 2.05) is 11.9 Å². The van der Waals surface area contributed by atoms with Gasteiger partial charge in [0, 0.05) is 32.4 Å². The number of phosphoric ester groups is 1. The van der Waals surface area contributed by atoms with Crippen LogP contribution >= 0.6 is 19.6 Å². The number of nitrogens with one attached hydrogen (secondary N) is 3. The van der Waals surface area contributed by atoms with E-state index in [4.69, 9.17) is 19.5 Å². The normalized spacial score (nSPS) is 21.4. The minimum Gasteiger partial charge on any atom is -0.383 e. The van der Waals surface area contributed by atoms with Gasteiger partial charge in [-0.3, -0.25) is 28.4 Å². The van der Waals surface area contributed by atoms with Crippen LogP contribution in [0, 0.1) is 5.41 Å². The third-order valence-corrected chi connectivity index (χ3v) is 8.32. The maximum Gasteiger partial charge on any atom is 0.472 e. The molecule has 1 saturated heterocycles. The van der Waals surface area contributed by atoms with E-state index >= 15 is 0 Å². The van der Waals surface area contributed by atoms with Gasteiger partial charge in [-0.1, -0.05) is 32.0 Å². The standard InChI is InChI=1S/C25H44N7O9PS/c1-16(33)43-15-31-18(34)10-11-28-24(36)21(35)25(2,3)13-40-42(37,38)39-12-17-8-6-7-9-19(41-17)32(5)23-20(27-4)22(26)29-14-30-23/h17,19,21,30,35H,4,6-15H2,1-3,5H3,(H2,26,29)(H,28,36)(H,31,34)(H,37,38). The first kappa shape index (κ1) is 36.7. The van der Waals surface area contributed by atoms with E-state index in [0.29, 0.717) is 24.4 Å². The SMILES string of the molecule is C=NC1=C(N(C)C2CCCCC(COP(=O)(O)OCC(C)(C)C(O)C(=O)NCCC(=O)NCSC(C)=O)O2)NCN=C1N. The zero-order chi connectivity index (χ0) is 32.2. The van der Waals surface area contributed by atoms with Gasteiger partial charge in [0.15, 0.2) is 5.12 Å². The van der Waals surface area contributed by atoms with Crippen LogP contribution in [0.4, 0.5) is 0 Å². The van der Waals surface area contributed by atoms with Crippen molar-refractivity contribution in [1.29, 1.82) is 0 Å². The van der Waals surface area contributed by atoms with Gasteiger partial charge in [0.2, 0.25) is 11.8 Å². The second-order valence-electron chi connectivity index (χ2n) is 10.7. The van der Waals surface area contributed by atoms with E-state index in [1.54, 1.807) is 0 Å². The number of hydrogen-bond acceptors (Lipinski definition) is 14. The molecule has 2 heterocycles. The Morgan fingerprint density at radius 1 is 1.33 bits per heavy atom. The predicted molar refractivity (Wildman–Crippen MR) is 162 cm³/mol. The highest BCUT2D eigenvalue weighted by Gasteiger charge is 2.37. The number of aliphatic imine (C=N–C) groups is 2. The van der Waals surface area contributed by atoms with Crippen molar-refractivity contribution in [1.82, 2.24) is 20.9 Å². The Labute approximate surface area is 255 Å². The Bertz CT molecular complexity index is 1120. The largest absolute Gasteiger partial charge is 0.472 e. The number of phosphoric acid groups is 1.